The van der Waals surface area contributed by atoms with Crippen LogP contribution < -0.4 is 10.4 Å². The molecule has 0 bridgehead atoms. The van der Waals surface area contributed by atoms with E-state index < -0.39 is 8.07 Å². The SMILES string of the molecule is CCCCC(CC)C[Si]1(CC(CC)CCCC)c2cc(C)sc2-c2sc(-c3sc(C)c4c3C(=O)N(CCCCCCCCO)C4=O)cc21. The van der Waals surface area contributed by atoms with Gasteiger partial charge in [0.05, 0.1) is 16.0 Å². The Morgan fingerprint density at radius 2 is 1.25 bits per heavy atom. The van der Waals surface area contributed by atoms with Gasteiger partial charge in [0.25, 0.3) is 11.8 Å². The minimum Gasteiger partial charge on any atom is -0.396 e. The zero-order valence-electron chi connectivity index (χ0n) is 30.5. The molecule has 264 valence electrons. The third-order valence-corrected chi connectivity index (χ3v) is 20.6. The van der Waals surface area contributed by atoms with Crippen LogP contribution >= 0.6 is 34.0 Å². The van der Waals surface area contributed by atoms with E-state index in [1.54, 1.807) is 21.7 Å². The number of fused-ring (bicyclic) bond motifs is 4. The van der Waals surface area contributed by atoms with Crippen LogP contribution in [0, 0.1) is 25.7 Å². The number of carbonyl (C=O) groups is 2. The van der Waals surface area contributed by atoms with Crippen molar-refractivity contribution in [2.75, 3.05) is 13.2 Å². The van der Waals surface area contributed by atoms with E-state index in [1.165, 1.54) is 87.9 Å². The van der Waals surface area contributed by atoms with Crippen LogP contribution in [-0.2, 0) is 0 Å². The average Bonchev–Trinajstić information content (AvgIpc) is 3.86. The van der Waals surface area contributed by atoms with Crippen molar-refractivity contribution in [1.82, 2.24) is 4.90 Å². The van der Waals surface area contributed by atoms with Crippen molar-refractivity contribution in [1.29, 1.82) is 0 Å². The van der Waals surface area contributed by atoms with E-state index in [1.807, 2.05) is 29.6 Å². The zero-order valence-corrected chi connectivity index (χ0v) is 33.9. The molecule has 0 saturated carbocycles. The second-order valence-corrected chi connectivity index (χ2v) is 22.2. The summed E-state index contributed by atoms with van der Waals surface area (Å²) in [6, 6.07) is 7.79. The maximum atomic E-state index is 14.0. The molecule has 2 aliphatic rings. The van der Waals surface area contributed by atoms with E-state index in [2.05, 4.69) is 46.8 Å². The molecule has 3 aromatic rings. The van der Waals surface area contributed by atoms with Gasteiger partial charge in [-0.25, -0.2) is 0 Å². The van der Waals surface area contributed by atoms with Crippen LogP contribution in [0.1, 0.15) is 148 Å². The van der Waals surface area contributed by atoms with Crippen LogP contribution in [0.25, 0.3) is 19.5 Å². The summed E-state index contributed by atoms with van der Waals surface area (Å²) in [7, 11) is -2.08. The fourth-order valence-electron chi connectivity index (χ4n) is 8.44. The van der Waals surface area contributed by atoms with Crippen LogP contribution in [-0.4, -0.2) is 43.0 Å². The first-order valence-electron chi connectivity index (χ1n) is 19.1. The number of rotatable bonds is 21. The second kappa shape index (κ2) is 17.1. The Kier molecular flexibility index (Phi) is 13.4. The van der Waals surface area contributed by atoms with Gasteiger partial charge >= 0.3 is 0 Å². The molecule has 2 unspecified atom stereocenters. The summed E-state index contributed by atoms with van der Waals surface area (Å²) in [6.07, 6.45) is 16.2. The lowest BCUT2D eigenvalue weighted by Gasteiger charge is -2.35. The van der Waals surface area contributed by atoms with Gasteiger partial charge in [-0.2, -0.15) is 0 Å². The number of carbonyl (C=O) groups excluding carboxylic acids is 2. The molecule has 0 radical (unpaired) electrons. The molecule has 3 aromatic heterocycles. The molecular formula is C40H59NO3S3Si. The van der Waals surface area contributed by atoms with E-state index in [4.69, 9.17) is 5.11 Å². The Balaban J connectivity index is 1.51. The lowest BCUT2D eigenvalue weighted by molar-refractivity contribution is 0.0651. The van der Waals surface area contributed by atoms with Crippen LogP contribution in [0.3, 0.4) is 0 Å². The monoisotopic (exact) mass is 725 g/mol. The number of hydrogen-bond acceptors (Lipinski definition) is 6. The van der Waals surface area contributed by atoms with Crippen LogP contribution in [0.5, 0.6) is 0 Å². The summed E-state index contributed by atoms with van der Waals surface area (Å²) in [5.74, 6) is 1.31. The number of unbranched alkanes of at least 4 members (excludes halogenated alkanes) is 7. The molecule has 0 fully saturated rings. The van der Waals surface area contributed by atoms with Crippen molar-refractivity contribution in [2.45, 2.75) is 144 Å². The number of imide groups is 1. The third-order valence-electron chi connectivity index (χ3n) is 11.2. The van der Waals surface area contributed by atoms with Gasteiger partial charge in [-0.1, -0.05) is 105 Å². The first kappa shape index (κ1) is 37.7. The minimum absolute atomic E-state index is 0.0874. The fraction of sp³-hybridized carbons (Fsp3) is 0.650. The highest BCUT2D eigenvalue weighted by Crippen LogP contribution is 2.50. The fourth-order valence-corrected chi connectivity index (χ4v) is 20.0. The summed E-state index contributed by atoms with van der Waals surface area (Å²) in [4.78, 5) is 36.8. The van der Waals surface area contributed by atoms with E-state index in [9.17, 15) is 9.59 Å². The summed E-state index contributed by atoms with van der Waals surface area (Å²) in [5.41, 5.74) is 1.33. The number of nitrogens with zero attached hydrogens (tertiary/aromatic N) is 1. The topological polar surface area (TPSA) is 57.6 Å². The largest absolute Gasteiger partial charge is 0.396 e. The lowest BCUT2D eigenvalue weighted by atomic mass is 10.0. The van der Waals surface area contributed by atoms with Crippen LogP contribution in [0.2, 0.25) is 12.1 Å². The minimum atomic E-state index is -2.08. The number of aliphatic hydroxyl groups is 1. The van der Waals surface area contributed by atoms with Gasteiger partial charge in [0.1, 0.15) is 8.07 Å². The Labute approximate surface area is 303 Å². The molecule has 0 aromatic carbocycles. The first-order valence-corrected chi connectivity index (χ1v) is 24.0. The maximum absolute atomic E-state index is 14.0. The molecule has 2 atom stereocenters. The van der Waals surface area contributed by atoms with Crippen LogP contribution in [0.4, 0.5) is 0 Å². The Hall–Kier alpha value is -1.58. The predicted molar refractivity (Wildman–Crippen MR) is 212 cm³/mol. The Bertz CT molecular complexity index is 1530. The highest BCUT2D eigenvalue weighted by molar-refractivity contribution is 7.32. The lowest BCUT2D eigenvalue weighted by Crippen LogP contribution is -2.56. The van der Waals surface area contributed by atoms with Gasteiger partial charge in [0.15, 0.2) is 0 Å². The highest BCUT2D eigenvalue weighted by Gasteiger charge is 2.50. The molecule has 5 rings (SSSR count). The standard InChI is InChI=1S/C40H59NO3S3Si/c1-7-11-19-29(9-3)25-48(26-30(10-4)20-12-8-2)32-23-27(5)45-37(32)38-33(48)24-31(47-38)36-35-34(28(6)46-36)39(43)41(40(35)44)21-17-15-13-14-16-18-22-42/h23-24,29-30,42H,7-22,25-26H2,1-6H3. The Morgan fingerprint density at radius 3 is 1.85 bits per heavy atom. The molecule has 8 heteroatoms. The maximum Gasteiger partial charge on any atom is 0.263 e. The average molecular weight is 726 g/mol. The van der Waals surface area contributed by atoms with Crippen molar-refractivity contribution in [2.24, 2.45) is 11.8 Å². The molecule has 2 amide bonds. The highest BCUT2D eigenvalue weighted by atomic mass is 32.1. The van der Waals surface area contributed by atoms with Crippen molar-refractivity contribution >= 4 is 64.3 Å². The number of aryl methyl sites for hydroxylation is 2. The second-order valence-electron chi connectivity index (χ2n) is 14.6. The smallest absolute Gasteiger partial charge is 0.263 e. The molecule has 0 spiro atoms. The molecular weight excluding hydrogens is 667 g/mol. The quantitative estimate of drug-likeness (QED) is 0.0676. The van der Waals surface area contributed by atoms with E-state index in [0.717, 1.165) is 60.1 Å². The summed E-state index contributed by atoms with van der Waals surface area (Å²) >= 11 is 5.56. The Morgan fingerprint density at radius 1 is 0.688 bits per heavy atom. The van der Waals surface area contributed by atoms with E-state index in [-0.39, 0.29) is 18.4 Å². The number of amides is 2. The number of thiophene rings is 3. The summed E-state index contributed by atoms with van der Waals surface area (Å²) in [6.45, 7) is 14.5. The zero-order chi connectivity index (χ0) is 34.4. The molecule has 5 heterocycles. The van der Waals surface area contributed by atoms with E-state index >= 15 is 0 Å². The molecule has 4 nitrogen and oxygen atoms in total. The van der Waals surface area contributed by atoms with Gasteiger partial charge in [0, 0.05) is 37.5 Å². The normalized spacial score (nSPS) is 18.1. The summed E-state index contributed by atoms with van der Waals surface area (Å²) < 4.78 is 0. The van der Waals surface area contributed by atoms with Gasteiger partial charge in [-0.05, 0) is 73.1 Å². The van der Waals surface area contributed by atoms with Gasteiger partial charge < -0.3 is 5.11 Å². The summed E-state index contributed by atoms with van der Waals surface area (Å²) in [5, 5.41) is 12.4. The number of aliphatic hydroxyl groups excluding tert-OH is 1. The first-order chi connectivity index (χ1) is 23.2. The molecule has 2 aliphatic heterocycles. The number of hydrogen-bond donors (Lipinski definition) is 1. The molecule has 48 heavy (non-hydrogen) atoms. The van der Waals surface area contributed by atoms with Gasteiger partial charge in [0.2, 0.25) is 0 Å². The van der Waals surface area contributed by atoms with E-state index in [0.29, 0.717) is 17.7 Å². The van der Waals surface area contributed by atoms with Gasteiger partial charge in [-0.15, -0.1) is 34.0 Å². The van der Waals surface area contributed by atoms with Crippen LogP contribution in [0.15, 0.2) is 12.1 Å². The van der Waals surface area contributed by atoms with Crippen molar-refractivity contribution in [3.8, 4) is 19.5 Å². The predicted octanol–water partition coefficient (Wildman–Crippen LogP) is 11.1. The van der Waals surface area contributed by atoms with Gasteiger partial charge in [-0.3, -0.25) is 14.5 Å². The van der Waals surface area contributed by atoms with Crippen molar-refractivity contribution in [3.05, 3.63) is 33.0 Å². The molecule has 0 aliphatic carbocycles. The van der Waals surface area contributed by atoms with Crippen molar-refractivity contribution in [3.63, 3.8) is 0 Å². The molecule has 0 saturated heterocycles. The van der Waals surface area contributed by atoms with Crippen molar-refractivity contribution < 1.29 is 14.7 Å². The third kappa shape index (κ3) is 7.53. The molecule has 1 N–H and O–H groups in total.